The number of thiazole rings is 1. The Morgan fingerprint density at radius 3 is 2.78 bits per heavy atom. The van der Waals surface area contributed by atoms with E-state index in [1.807, 2.05) is 19.1 Å². The smallest absolute Gasteiger partial charge is 0.284 e. The Labute approximate surface area is 111 Å². The van der Waals surface area contributed by atoms with Crippen molar-refractivity contribution in [2.45, 2.75) is 26.7 Å². The first-order chi connectivity index (χ1) is 8.59. The minimum Gasteiger partial charge on any atom is -0.319 e. The highest BCUT2D eigenvalue weighted by atomic mass is 32.1. The summed E-state index contributed by atoms with van der Waals surface area (Å²) in [6, 6.07) is 6.07. The van der Waals surface area contributed by atoms with Gasteiger partial charge in [0.1, 0.15) is 0 Å². The quantitative estimate of drug-likeness (QED) is 0.911. The lowest BCUT2D eigenvalue weighted by molar-refractivity contribution is 0.102. The topological polar surface area (TPSA) is 42.0 Å². The summed E-state index contributed by atoms with van der Waals surface area (Å²) in [5.74, 6) is 0.234. The standard InChI is InChI=1S/C14H16N2OS/c1-9(2)11-6-4-5-10(3)12(11)16-13(17)14-15-7-8-18-14/h4-9H,1-3H3,(H,16,17). The van der Waals surface area contributed by atoms with Crippen molar-refractivity contribution < 1.29 is 4.79 Å². The fourth-order valence-electron chi connectivity index (χ4n) is 1.84. The summed E-state index contributed by atoms with van der Waals surface area (Å²) in [6.45, 7) is 6.24. The number of rotatable bonds is 3. The van der Waals surface area contributed by atoms with E-state index in [4.69, 9.17) is 0 Å². The summed E-state index contributed by atoms with van der Waals surface area (Å²) in [4.78, 5) is 16.1. The van der Waals surface area contributed by atoms with Crippen molar-refractivity contribution in [3.05, 3.63) is 45.9 Å². The highest BCUT2D eigenvalue weighted by Gasteiger charge is 2.14. The van der Waals surface area contributed by atoms with Gasteiger partial charge in [-0.05, 0) is 24.0 Å². The molecule has 1 aromatic carbocycles. The molecule has 0 atom stereocenters. The summed E-state index contributed by atoms with van der Waals surface area (Å²) in [5.41, 5.74) is 3.14. The molecule has 1 amide bonds. The van der Waals surface area contributed by atoms with Gasteiger partial charge in [0.25, 0.3) is 5.91 Å². The lowest BCUT2D eigenvalue weighted by Crippen LogP contribution is -2.14. The predicted octanol–water partition coefficient (Wildman–Crippen LogP) is 3.83. The number of amides is 1. The average Bonchev–Trinajstić information content (AvgIpc) is 2.85. The van der Waals surface area contributed by atoms with Gasteiger partial charge in [-0.1, -0.05) is 32.0 Å². The maximum Gasteiger partial charge on any atom is 0.284 e. The van der Waals surface area contributed by atoms with Crippen LogP contribution in [0, 0.1) is 6.92 Å². The van der Waals surface area contributed by atoms with Gasteiger partial charge in [0, 0.05) is 17.3 Å². The molecule has 0 aliphatic heterocycles. The van der Waals surface area contributed by atoms with Crippen molar-refractivity contribution in [3.63, 3.8) is 0 Å². The zero-order chi connectivity index (χ0) is 13.1. The summed E-state index contributed by atoms with van der Waals surface area (Å²) in [6.07, 6.45) is 1.64. The van der Waals surface area contributed by atoms with E-state index in [0.29, 0.717) is 10.9 Å². The van der Waals surface area contributed by atoms with Gasteiger partial charge in [-0.25, -0.2) is 4.98 Å². The van der Waals surface area contributed by atoms with E-state index >= 15 is 0 Å². The van der Waals surface area contributed by atoms with Crippen LogP contribution in [0.1, 0.15) is 40.7 Å². The molecule has 0 aliphatic carbocycles. The molecule has 0 spiro atoms. The Hall–Kier alpha value is -1.68. The molecule has 1 heterocycles. The molecule has 4 heteroatoms. The first-order valence-corrected chi connectivity index (χ1v) is 6.78. The van der Waals surface area contributed by atoms with Crippen LogP contribution in [0.5, 0.6) is 0 Å². The number of hydrogen-bond donors (Lipinski definition) is 1. The van der Waals surface area contributed by atoms with E-state index < -0.39 is 0 Å². The van der Waals surface area contributed by atoms with E-state index in [9.17, 15) is 4.79 Å². The van der Waals surface area contributed by atoms with Crippen molar-refractivity contribution in [3.8, 4) is 0 Å². The third kappa shape index (κ3) is 2.59. The minimum atomic E-state index is -0.138. The van der Waals surface area contributed by atoms with E-state index in [1.165, 1.54) is 11.3 Å². The maximum absolute atomic E-state index is 12.0. The number of aryl methyl sites for hydroxylation is 1. The monoisotopic (exact) mass is 260 g/mol. The number of carbonyl (C=O) groups excluding carboxylic acids is 1. The van der Waals surface area contributed by atoms with Crippen LogP contribution in [-0.2, 0) is 0 Å². The molecular formula is C14H16N2OS. The van der Waals surface area contributed by atoms with Gasteiger partial charge in [-0.2, -0.15) is 0 Å². The highest BCUT2D eigenvalue weighted by molar-refractivity contribution is 7.11. The van der Waals surface area contributed by atoms with Crippen LogP contribution in [0.25, 0.3) is 0 Å². The summed E-state index contributed by atoms with van der Waals surface area (Å²) < 4.78 is 0. The lowest BCUT2D eigenvalue weighted by atomic mass is 9.98. The van der Waals surface area contributed by atoms with E-state index in [-0.39, 0.29) is 5.91 Å². The molecule has 0 saturated heterocycles. The van der Waals surface area contributed by atoms with Gasteiger partial charge >= 0.3 is 0 Å². The van der Waals surface area contributed by atoms with Gasteiger partial charge in [0.05, 0.1) is 0 Å². The molecule has 1 N–H and O–H groups in total. The van der Waals surface area contributed by atoms with Crippen molar-refractivity contribution in [2.24, 2.45) is 0 Å². The van der Waals surface area contributed by atoms with E-state index in [2.05, 4.69) is 30.2 Å². The molecule has 0 saturated carbocycles. The van der Waals surface area contributed by atoms with Crippen LogP contribution in [0.15, 0.2) is 29.8 Å². The molecule has 2 rings (SSSR count). The molecule has 3 nitrogen and oxygen atoms in total. The number of aromatic nitrogens is 1. The maximum atomic E-state index is 12.0. The Bertz CT molecular complexity index is 547. The van der Waals surface area contributed by atoms with Crippen LogP contribution in [0.3, 0.4) is 0 Å². The van der Waals surface area contributed by atoms with E-state index in [0.717, 1.165) is 16.8 Å². The Morgan fingerprint density at radius 1 is 1.39 bits per heavy atom. The van der Waals surface area contributed by atoms with Crippen molar-refractivity contribution in [2.75, 3.05) is 5.32 Å². The first-order valence-electron chi connectivity index (χ1n) is 5.90. The third-order valence-corrected chi connectivity index (χ3v) is 3.56. The summed E-state index contributed by atoms with van der Waals surface area (Å²) >= 11 is 1.35. The predicted molar refractivity (Wildman–Crippen MR) is 75.3 cm³/mol. The number of benzene rings is 1. The molecule has 1 aromatic heterocycles. The molecule has 0 unspecified atom stereocenters. The lowest BCUT2D eigenvalue weighted by Gasteiger charge is -2.15. The van der Waals surface area contributed by atoms with Gasteiger partial charge in [0.15, 0.2) is 5.01 Å². The fourth-order valence-corrected chi connectivity index (χ4v) is 2.38. The third-order valence-electron chi connectivity index (χ3n) is 2.79. The van der Waals surface area contributed by atoms with Crippen LogP contribution >= 0.6 is 11.3 Å². The summed E-state index contributed by atoms with van der Waals surface area (Å²) in [7, 11) is 0. The minimum absolute atomic E-state index is 0.138. The van der Waals surface area contributed by atoms with Crippen LogP contribution in [0.4, 0.5) is 5.69 Å². The number of nitrogens with one attached hydrogen (secondary N) is 1. The molecule has 0 bridgehead atoms. The summed E-state index contributed by atoms with van der Waals surface area (Å²) in [5, 5.41) is 5.27. The second kappa shape index (κ2) is 5.31. The Kier molecular flexibility index (Phi) is 3.77. The average molecular weight is 260 g/mol. The highest BCUT2D eigenvalue weighted by Crippen LogP contribution is 2.27. The largest absolute Gasteiger partial charge is 0.319 e. The molecular weight excluding hydrogens is 244 g/mol. The number of hydrogen-bond acceptors (Lipinski definition) is 3. The van der Waals surface area contributed by atoms with Crippen LogP contribution in [-0.4, -0.2) is 10.9 Å². The molecule has 0 fully saturated rings. The first kappa shape index (κ1) is 12.8. The Morgan fingerprint density at radius 2 is 2.17 bits per heavy atom. The fraction of sp³-hybridized carbons (Fsp3) is 0.286. The Balaban J connectivity index is 2.31. The zero-order valence-corrected chi connectivity index (χ0v) is 11.5. The van der Waals surface area contributed by atoms with Crippen molar-refractivity contribution >= 4 is 22.9 Å². The van der Waals surface area contributed by atoms with Crippen molar-refractivity contribution in [1.29, 1.82) is 0 Å². The number of anilines is 1. The molecule has 94 valence electrons. The van der Waals surface area contributed by atoms with Gasteiger partial charge in [-0.3, -0.25) is 4.79 Å². The number of para-hydroxylation sites is 1. The second-order valence-corrected chi connectivity index (χ2v) is 5.38. The molecule has 18 heavy (non-hydrogen) atoms. The second-order valence-electron chi connectivity index (χ2n) is 4.49. The van der Waals surface area contributed by atoms with Gasteiger partial charge in [0.2, 0.25) is 0 Å². The van der Waals surface area contributed by atoms with Crippen LogP contribution < -0.4 is 5.32 Å². The van der Waals surface area contributed by atoms with Gasteiger partial charge in [-0.15, -0.1) is 11.3 Å². The van der Waals surface area contributed by atoms with Gasteiger partial charge < -0.3 is 5.32 Å². The van der Waals surface area contributed by atoms with Crippen molar-refractivity contribution in [1.82, 2.24) is 4.98 Å². The number of carbonyl (C=O) groups is 1. The normalized spacial score (nSPS) is 10.7. The number of nitrogens with zero attached hydrogens (tertiary/aromatic N) is 1. The SMILES string of the molecule is Cc1cccc(C(C)C)c1NC(=O)c1nccs1. The molecule has 0 radical (unpaired) electrons. The zero-order valence-electron chi connectivity index (χ0n) is 10.7. The van der Waals surface area contributed by atoms with E-state index in [1.54, 1.807) is 11.6 Å². The molecule has 2 aromatic rings. The van der Waals surface area contributed by atoms with Crippen LogP contribution in [0.2, 0.25) is 0 Å². The molecule has 0 aliphatic rings.